The Morgan fingerprint density at radius 1 is 1.33 bits per heavy atom. The van der Waals surface area contributed by atoms with Crippen LogP contribution in [-0.4, -0.2) is 16.8 Å². The minimum Gasteiger partial charge on any atom is -0.444 e. The summed E-state index contributed by atoms with van der Waals surface area (Å²) < 4.78 is 5.12. The zero-order valence-corrected chi connectivity index (χ0v) is 12.3. The highest BCUT2D eigenvalue weighted by atomic mass is 32.2. The van der Waals surface area contributed by atoms with Crippen LogP contribution in [0.4, 0.5) is 10.5 Å². The minimum absolute atomic E-state index is 0.201. The van der Waals surface area contributed by atoms with Gasteiger partial charge in [0.1, 0.15) is 6.61 Å². The van der Waals surface area contributed by atoms with Gasteiger partial charge in [0.05, 0.1) is 0 Å². The summed E-state index contributed by atoms with van der Waals surface area (Å²) in [5, 5.41) is 2.68. The molecule has 2 rings (SSSR count). The van der Waals surface area contributed by atoms with Gasteiger partial charge in [-0.05, 0) is 30.3 Å². The fraction of sp³-hybridized carbons (Fsp3) is 0.125. The molecule has 0 unspecified atom stereocenters. The van der Waals surface area contributed by atoms with Crippen LogP contribution in [-0.2, 0) is 11.3 Å². The van der Waals surface area contributed by atoms with Gasteiger partial charge in [-0.25, -0.2) is 4.79 Å². The minimum atomic E-state index is -0.481. The van der Waals surface area contributed by atoms with E-state index >= 15 is 0 Å². The second kappa shape index (κ2) is 8.11. The number of carbonyl (C=O) groups is 1. The van der Waals surface area contributed by atoms with Gasteiger partial charge < -0.3 is 4.74 Å². The van der Waals surface area contributed by atoms with Crippen molar-refractivity contribution >= 4 is 23.5 Å². The lowest BCUT2D eigenvalue weighted by molar-refractivity contribution is 0.155. The van der Waals surface area contributed by atoms with Crippen molar-refractivity contribution in [3.8, 4) is 0 Å². The topological polar surface area (TPSA) is 51.2 Å². The standard InChI is InChI=1S/C16H16N2O2S/c1-2-10-21-15-7-5-14(6-8-15)18-16(19)20-12-13-4-3-9-17-11-13/h2-9,11H,1,10,12H2,(H,18,19). The first-order valence-corrected chi connectivity index (χ1v) is 7.43. The van der Waals surface area contributed by atoms with Crippen LogP contribution in [0.3, 0.4) is 0 Å². The smallest absolute Gasteiger partial charge is 0.411 e. The predicted molar refractivity (Wildman–Crippen MR) is 85.4 cm³/mol. The van der Waals surface area contributed by atoms with Gasteiger partial charge in [-0.1, -0.05) is 12.1 Å². The number of amides is 1. The molecule has 4 nitrogen and oxygen atoms in total. The van der Waals surface area contributed by atoms with Gasteiger partial charge in [-0.3, -0.25) is 10.3 Å². The van der Waals surface area contributed by atoms with Crippen molar-refractivity contribution in [1.29, 1.82) is 0 Å². The Morgan fingerprint density at radius 2 is 2.14 bits per heavy atom. The normalized spacial score (nSPS) is 9.90. The van der Waals surface area contributed by atoms with Gasteiger partial charge in [-0.15, -0.1) is 18.3 Å². The molecule has 5 heteroatoms. The lowest BCUT2D eigenvalue weighted by Gasteiger charge is -2.07. The third-order valence-corrected chi connectivity index (χ3v) is 3.57. The number of nitrogens with zero attached hydrogens (tertiary/aromatic N) is 1. The second-order valence-corrected chi connectivity index (χ2v) is 5.28. The molecule has 0 aliphatic heterocycles. The monoisotopic (exact) mass is 300 g/mol. The molecular formula is C16H16N2O2S. The van der Waals surface area contributed by atoms with Crippen molar-refractivity contribution in [2.75, 3.05) is 11.1 Å². The number of carbonyl (C=O) groups excluding carboxylic acids is 1. The molecule has 0 radical (unpaired) electrons. The number of benzene rings is 1. The third kappa shape index (κ3) is 5.31. The van der Waals surface area contributed by atoms with Gasteiger partial charge in [0.2, 0.25) is 0 Å². The summed E-state index contributed by atoms with van der Waals surface area (Å²) in [6, 6.07) is 11.2. The molecule has 2 aromatic rings. The van der Waals surface area contributed by atoms with E-state index in [1.807, 2.05) is 36.4 Å². The third-order valence-electron chi connectivity index (χ3n) is 2.56. The summed E-state index contributed by atoms with van der Waals surface area (Å²) in [7, 11) is 0. The molecule has 1 aromatic carbocycles. The van der Waals surface area contributed by atoms with Crippen LogP contribution < -0.4 is 5.32 Å². The fourth-order valence-electron chi connectivity index (χ4n) is 1.58. The first-order valence-electron chi connectivity index (χ1n) is 6.44. The predicted octanol–water partition coefficient (Wildman–Crippen LogP) is 4.11. The molecule has 0 saturated heterocycles. The van der Waals surface area contributed by atoms with Crippen molar-refractivity contribution in [3.05, 3.63) is 67.0 Å². The summed E-state index contributed by atoms with van der Waals surface area (Å²) in [5.74, 6) is 0.861. The van der Waals surface area contributed by atoms with E-state index in [9.17, 15) is 4.79 Å². The van der Waals surface area contributed by atoms with E-state index in [2.05, 4.69) is 16.9 Å². The number of hydrogen-bond donors (Lipinski definition) is 1. The Hall–Kier alpha value is -2.27. The number of pyridine rings is 1. The molecule has 1 heterocycles. The molecule has 0 saturated carbocycles. The van der Waals surface area contributed by atoms with Crippen LogP contribution in [0.1, 0.15) is 5.56 Å². The SMILES string of the molecule is C=CCSc1ccc(NC(=O)OCc2cccnc2)cc1. The van der Waals surface area contributed by atoms with E-state index in [4.69, 9.17) is 4.74 Å². The van der Waals surface area contributed by atoms with Crippen LogP contribution in [0.2, 0.25) is 0 Å². The molecule has 0 atom stereocenters. The van der Waals surface area contributed by atoms with Crippen molar-refractivity contribution in [2.24, 2.45) is 0 Å². The van der Waals surface area contributed by atoms with E-state index in [-0.39, 0.29) is 6.61 Å². The Morgan fingerprint density at radius 3 is 2.81 bits per heavy atom. The largest absolute Gasteiger partial charge is 0.444 e. The maximum atomic E-state index is 11.7. The maximum Gasteiger partial charge on any atom is 0.411 e. The van der Waals surface area contributed by atoms with Crippen molar-refractivity contribution in [2.45, 2.75) is 11.5 Å². The van der Waals surface area contributed by atoms with Crippen LogP contribution in [0, 0.1) is 0 Å². The molecule has 1 aromatic heterocycles. The van der Waals surface area contributed by atoms with E-state index in [1.165, 1.54) is 0 Å². The van der Waals surface area contributed by atoms with Gasteiger partial charge in [0.15, 0.2) is 0 Å². The first-order chi connectivity index (χ1) is 10.3. The number of rotatable bonds is 6. The number of anilines is 1. The first kappa shape index (κ1) is 15.1. The number of thioether (sulfide) groups is 1. The molecular weight excluding hydrogens is 284 g/mol. The van der Waals surface area contributed by atoms with Gasteiger partial charge in [0.25, 0.3) is 0 Å². The Labute approximate surface area is 128 Å². The molecule has 1 amide bonds. The maximum absolute atomic E-state index is 11.7. The van der Waals surface area contributed by atoms with E-state index < -0.39 is 6.09 Å². The lowest BCUT2D eigenvalue weighted by Crippen LogP contribution is -2.13. The Balaban J connectivity index is 1.80. The fourth-order valence-corrected chi connectivity index (χ4v) is 2.21. The number of nitrogens with one attached hydrogen (secondary N) is 1. The molecule has 0 aliphatic carbocycles. The quantitative estimate of drug-likeness (QED) is 0.644. The molecule has 0 aliphatic rings. The lowest BCUT2D eigenvalue weighted by atomic mass is 10.3. The molecule has 108 valence electrons. The average Bonchev–Trinajstić information content (AvgIpc) is 2.53. The van der Waals surface area contributed by atoms with Crippen molar-refractivity contribution in [3.63, 3.8) is 0 Å². The second-order valence-electron chi connectivity index (χ2n) is 4.19. The summed E-state index contributed by atoms with van der Waals surface area (Å²) in [4.78, 5) is 16.8. The van der Waals surface area contributed by atoms with Crippen molar-refractivity contribution in [1.82, 2.24) is 4.98 Å². The molecule has 0 fully saturated rings. The van der Waals surface area contributed by atoms with E-state index in [0.29, 0.717) is 5.69 Å². The zero-order chi connectivity index (χ0) is 14.9. The van der Waals surface area contributed by atoms with Crippen LogP contribution in [0.5, 0.6) is 0 Å². The summed E-state index contributed by atoms with van der Waals surface area (Å²) in [6.45, 7) is 3.88. The van der Waals surface area contributed by atoms with Crippen molar-refractivity contribution < 1.29 is 9.53 Å². The van der Waals surface area contributed by atoms with Crippen LogP contribution >= 0.6 is 11.8 Å². The average molecular weight is 300 g/mol. The van der Waals surface area contributed by atoms with E-state index in [0.717, 1.165) is 16.2 Å². The zero-order valence-electron chi connectivity index (χ0n) is 11.5. The Kier molecular flexibility index (Phi) is 5.84. The van der Waals surface area contributed by atoms with Crippen LogP contribution in [0.15, 0.2) is 66.3 Å². The highest BCUT2D eigenvalue weighted by Crippen LogP contribution is 2.20. The Bertz CT molecular complexity index is 585. The summed E-state index contributed by atoms with van der Waals surface area (Å²) in [5.41, 5.74) is 1.55. The molecule has 1 N–H and O–H groups in total. The molecule has 0 bridgehead atoms. The number of ether oxygens (including phenoxy) is 1. The summed E-state index contributed by atoms with van der Waals surface area (Å²) >= 11 is 1.69. The van der Waals surface area contributed by atoms with Gasteiger partial charge in [-0.2, -0.15) is 0 Å². The molecule has 21 heavy (non-hydrogen) atoms. The highest BCUT2D eigenvalue weighted by Gasteiger charge is 2.04. The van der Waals surface area contributed by atoms with Crippen LogP contribution in [0.25, 0.3) is 0 Å². The molecule has 0 spiro atoms. The number of hydrogen-bond acceptors (Lipinski definition) is 4. The van der Waals surface area contributed by atoms with Gasteiger partial charge >= 0.3 is 6.09 Å². The number of aromatic nitrogens is 1. The van der Waals surface area contributed by atoms with E-state index in [1.54, 1.807) is 30.2 Å². The highest BCUT2D eigenvalue weighted by molar-refractivity contribution is 7.99. The summed E-state index contributed by atoms with van der Waals surface area (Å²) in [6.07, 6.45) is 4.71. The van der Waals surface area contributed by atoms with Gasteiger partial charge in [0, 0.05) is 34.3 Å².